The minimum Gasteiger partial charge on any atom is -0.373 e. The van der Waals surface area contributed by atoms with E-state index in [0.717, 1.165) is 5.56 Å². The van der Waals surface area contributed by atoms with Gasteiger partial charge in [0.05, 0.1) is 12.7 Å². The van der Waals surface area contributed by atoms with Gasteiger partial charge in [0.15, 0.2) is 0 Å². The molecule has 19 heavy (non-hydrogen) atoms. The van der Waals surface area contributed by atoms with E-state index in [1.807, 2.05) is 30.3 Å². The van der Waals surface area contributed by atoms with Gasteiger partial charge >= 0.3 is 0 Å². The van der Waals surface area contributed by atoms with Crippen LogP contribution in [0.1, 0.15) is 24.8 Å². The molecular weight excluding hydrogens is 244 g/mol. The number of benzene rings is 1. The van der Waals surface area contributed by atoms with Gasteiger partial charge in [0.2, 0.25) is 11.8 Å². The fourth-order valence-electron chi connectivity index (χ4n) is 2.50. The Labute approximate surface area is 111 Å². The standard InChI is InChI=1S/C14H18N2O3/c15-12(17)14(13(16)18)7-6-11(8-14)19-9-10-4-2-1-3-5-10/h1-5,11H,6-9H2,(H2,15,17)(H2,16,18). The summed E-state index contributed by atoms with van der Waals surface area (Å²) in [5, 5.41) is 0. The molecule has 0 saturated heterocycles. The summed E-state index contributed by atoms with van der Waals surface area (Å²) in [5.74, 6) is -1.29. The summed E-state index contributed by atoms with van der Waals surface area (Å²) in [6, 6.07) is 9.73. The topological polar surface area (TPSA) is 95.4 Å². The Kier molecular flexibility index (Phi) is 3.85. The molecule has 0 bridgehead atoms. The summed E-state index contributed by atoms with van der Waals surface area (Å²) in [6.45, 7) is 0.457. The maximum absolute atomic E-state index is 11.5. The first-order valence-electron chi connectivity index (χ1n) is 6.30. The van der Waals surface area contributed by atoms with Crippen molar-refractivity contribution in [1.82, 2.24) is 0 Å². The molecule has 1 aliphatic rings. The molecule has 0 spiro atoms. The molecule has 0 aromatic heterocycles. The zero-order valence-corrected chi connectivity index (χ0v) is 10.7. The van der Waals surface area contributed by atoms with Crippen LogP contribution in [0.2, 0.25) is 0 Å². The van der Waals surface area contributed by atoms with Crippen LogP contribution in [0.3, 0.4) is 0 Å². The number of hydrogen-bond donors (Lipinski definition) is 2. The van der Waals surface area contributed by atoms with Crippen molar-refractivity contribution in [2.45, 2.75) is 32.0 Å². The number of ether oxygens (including phenoxy) is 1. The van der Waals surface area contributed by atoms with E-state index in [9.17, 15) is 9.59 Å². The third-order valence-electron chi connectivity index (χ3n) is 3.74. The van der Waals surface area contributed by atoms with E-state index < -0.39 is 17.2 Å². The lowest BCUT2D eigenvalue weighted by Crippen LogP contribution is -2.46. The average Bonchev–Trinajstić information content (AvgIpc) is 2.83. The van der Waals surface area contributed by atoms with Gasteiger partial charge in [-0.05, 0) is 24.8 Å². The molecule has 0 radical (unpaired) electrons. The van der Waals surface area contributed by atoms with Crippen LogP contribution in [-0.4, -0.2) is 17.9 Å². The fraction of sp³-hybridized carbons (Fsp3) is 0.429. The maximum atomic E-state index is 11.5. The summed E-state index contributed by atoms with van der Waals surface area (Å²) in [4.78, 5) is 22.9. The first kappa shape index (κ1) is 13.5. The van der Waals surface area contributed by atoms with Gasteiger partial charge in [-0.15, -0.1) is 0 Å². The Hall–Kier alpha value is -1.88. The highest BCUT2D eigenvalue weighted by Gasteiger charge is 2.49. The van der Waals surface area contributed by atoms with Crippen LogP contribution < -0.4 is 11.5 Å². The highest BCUT2D eigenvalue weighted by atomic mass is 16.5. The summed E-state index contributed by atoms with van der Waals surface area (Å²) < 4.78 is 5.73. The SMILES string of the molecule is NC(=O)C1(C(N)=O)CCC(OCc2ccccc2)C1. The smallest absolute Gasteiger partial charge is 0.233 e. The van der Waals surface area contributed by atoms with Gasteiger partial charge in [-0.1, -0.05) is 30.3 Å². The monoisotopic (exact) mass is 262 g/mol. The molecule has 1 fully saturated rings. The van der Waals surface area contributed by atoms with Gasteiger partial charge in [0.25, 0.3) is 0 Å². The Bertz CT molecular complexity index is 459. The molecule has 1 aliphatic carbocycles. The molecule has 2 amide bonds. The largest absolute Gasteiger partial charge is 0.373 e. The first-order valence-corrected chi connectivity index (χ1v) is 6.30. The van der Waals surface area contributed by atoms with Crippen LogP contribution in [0.4, 0.5) is 0 Å². The van der Waals surface area contributed by atoms with Crippen LogP contribution in [0.15, 0.2) is 30.3 Å². The molecule has 1 aromatic carbocycles. The zero-order valence-electron chi connectivity index (χ0n) is 10.7. The van der Waals surface area contributed by atoms with E-state index in [-0.39, 0.29) is 12.5 Å². The lowest BCUT2D eigenvalue weighted by atomic mass is 9.84. The number of nitrogens with two attached hydrogens (primary N) is 2. The van der Waals surface area contributed by atoms with Crippen molar-refractivity contribution in [2.24, 2.45) is 16.9 Å². The second-order valence-corrected chi connectivity index (χ2v) is 4.97. The van der Waals surface area contributed by atoms with Crippen molar-refractivity contribution in [3.8, 4) is 0 Å². The normalized spacial score (nSPS) is 21.2. The van der Waals surface area contributed by atoms with Crippen LogP contribution >= 0.6 is 0 Å². The second-order valence-electron chi connectivity index (χ2n) is 4.97. The molecule has 0 aliphatic heterocycles. The molecule has 5 heteroatoms. The Morgan fingerprint density at radius 2 is 1.84 bits per heavy atom. The number of amides is 2. The molecular formula is C14H18N2O3. The minimum atomic E-state index is -1.23. The number of primary amides is 2. The van der Waals surface area contributed by atoms with E-state index in [1.54, 1.807) is 0 Å². The molecule has 5 nitrogen and oxygen atoms in total. The molecule has 1 unspecified atom stereocenters. The summed E-state index contributed by atoms with van der Waals surface area (Å²) in [6.07, 6.45) is 1.13. The lowest BCUT2D eigenvalue weighted by Gasteiger charge is -2.21. The van der Waals surface area contributed by atoms with Crippen LogP contribution in [-0.2, 0) is 20.9 Å². The molecule has 2 rings (SSSR count). The quantitative estimate of drug-likeness (QED) is 0.765. The minimum absolute atomic E-state index is 0.153. The predicted molar refractivity (Wildman–Crippen MR) is 69.7 cm³/mol. The molecule has 1 saturated carbocycles. The summed E-state index contributed by atoms with van der Waals surface area (Å²) in [7, 11) is 0. The van der Waals surface area contributed by atoms with E-state index in [1.165, 1.54) is 0 Å². The number of hydrogen-bond acceptors (Lipinski definition) is 3. The number of carbonyl (C=O) groups excluding carboxylic acids is 2. The molecule has 1 aromatic rings. The summed E-state index contributed by atoms with van der Waals surface area (Å²) in [5.41, 5.74) is 10.4. The zero-order chi connectivity index (χ0) is 13.9. The Morgan fingerprint density at radius 1 is 1.21 bits per heavy atom. The Morgan fingerprint density at radius 3 is 2.37 bits per heavy atom. The van der Waals surface area contributed by atoms with E-state index in [0.29, 0.717) is 19.4 Å². The van der Waals surface area contributed by atoms with Crippen molar-refractivity contribution in [1.29, 1.82) is 0 Å². The van der Waals surface area contributed by atoms with Gasteiger partial charge < -0.3 is 16.2 Å². The van der Waals surface area contributed by atoms with E-state index in [4.69, 9.17) is 16.2 Å². The van der Waals surface area contributed by atoms with E-state index in [2.05, 4.69) is 0 Å². The highest BCUT2D eigenvalue weighted by molar-refractivity contribution is 6.04. The highest BCUT2D eigenvalue weighted by Crippen LogP contribution is 2.39. The van der Waals surface area contributed by atoms with Gasteiger partial charge in [0, 0.05) is 0 Å². The lowest BCUT2D eigenvalue weighted by molar-refractivity contribution is -0.140. The van der Waals surface area contributed by atoms with Crippen molar-refractivity contribution in [3.05, 3.63) is 35.9 Å². The maximum Gasteiger partial charge on any atom is 0.233 e. The van der Waals surface area contributed by atoms with Crippen molar-refractivity contribution >= 4 is 11.8 Å². The third-order valence-corrected chi connectivity index (χ3v) is 3.74. The van der Waals surface area contributed by atoms with Gasteiger partial charge in [0.1, 0.15) is 5.41 Å². The van der Waals surface area contributed by atoms with Crippen LogP contribution in [0, 0.1) is 5.41 Å². The molecule has 102 valence electrons. The van der Waals surface area contributed by atoms with Crippen molar-refractivity contribution in [3.63, 3.8) is 0 Å². The van der Waals surface area contributed by atoms with Gasteiger partial charge in [-0.3, -0.25) is 9.59 Å². The Balaban J connectivity index is 1.95. The summed E-state index contributed by atoms with van der Waals surface area (Å²) >= 11 is 0. The fourth-order valence-corrected chi connectivity index (χ4v) is 2.50. The number of rotatable bonds is 5. The van der Waals surface area contributed by atoms with Crippen molar-refractivity contribution in [2.75, 3.05) is 0 Å². The third kappa shape index (κ3) is 2.76. The predicted octanol–water partition coefficient (Wildman–Crippen LogP) is 0.713. The van der Waals surface area contributed by atoms with Crippen molar-refractivity contribution < 1.29 is 14.3 Å². The van der Waals surface area contributed by atoms with Gasteiger partial charge in [-0.2, -0.15) is 0 Å². The molecule has 4 N–H and O–H groups in total. The number of carbonyl (C=O) groups is 2. The van der Waals surface area contributed by atoms with E-state index >= 15 is 0 Å². The first-order chi connectivity index (χ1) is 9.04. The van der Waals surface area contributed by atoms with Gasteiger partial charge in [-0.25, -0.2) is 0 Å². The molecule has 1 atom stereocenters. The second kappa shape index (κ2) is 5.40. The molecule has 0 heterocycles. The average molecular weight is 262 g/mol. The van der Waals surface area contributed by atoms with Crippen LogP contribution in [0.25, 0.3) is 0 Å². The van der Waals surface area contributed by atoms with Crippen LogP contribution in [0.5, 0.6) is 0 Å².